The fourth-order valence-electron chi connectivity index (χ4n) is 1.80. The molecule has 1 aromatic carbocycles. The second-order valence-corrected chi connectivity index (χ2v) is 4.85. The van der Waals surface area contributed by atoms with Crippen molar-refractivity contribution in [1.29, 1.82) is 0 Å². The van der Waals surface area contributed by atoms with Crippen LogP contribution in [0, 0.1) is 5.92 Å². The second-order valence-electron chi connectivity index (χ2n) is 4.85. The van der Waals surface area contributed by atoms with E-state index in [2.05, 4.69) is 26.0 Å². The van der Waals surface area contributed by atoms with Crippen molar-refractivity contribution in [3.63, 3.8) is 0 Å². The number of hydrogen-bond acceptors (Lipinski definition) is 2. The van der Waals surface area contributed by atoms with Gasteiger partial charge < -0.3 is 5.73 Å². The maximum atomic E-state index is 11.0. The van der Waals surface area contributed by atoms with Crippen LogP contribution < -0.4 is 5.73 Å². The van der Waals surface area contributed by atoms with Gasteiger partial charge in [0.05, 0.1) is 0 Å². The van der Waals surface area contributed by atoms with Crippen molar-refractivity contribution in [2.45, 2.75) is 39.7 Å². The van der Waals surface area contributed by atoms with Crippen LogP contribution in [0.25, 0.3) is 0 Å². The molecule has 0 spiro atoms. The van der Waals surface area contributed by atoms with E-state index in [1.165, 1.54) is 5.56 Å². The largest absolute Gasteiger partial charge is 0.324 e. The predicted octanol–water partition coefficient (Wildman–Crippen LogP) is 2.86. The SMILES string of the molecule is CC(=O)CC(N)c1ccc(CC(C)C)cc1. The molecule has 0 aliphatic carbocycles. The van der Waals surface area contributed by atoms with Crippen LogP contribution in [0.2, 0.25) is 0 Å². The minimum atomic E-state index is -0.161. The van der Waals surface area contributed by atoms with Crippen molar-refractivity contribution in [2.24, 2.45) is 11.7 Å². The van der Waals surface area contributed by atoms with E-state index in [4.69, 9.17) is 5.73 Å². The molecule has 88 valence electrons. The third-order valence-corrected chi connectivity index (χ3v) is 2.56. The van der Waals surface area contributed by atoms with E-state index in [0.29, 0.717) is 12.3 Å². The molecular weight excluding hydrogens is 198 g/mol. The third kappa shape index (κ3) is 4.15. The Hall–Kier alpha value is -1.15. The van der Waals surface area contributed by atoms with Gasteiger partial charge in [0.1, 0.15) is 5.78 Å². The van der Waals surface area contributed by atoms with Crippen LogP contribution in [0.15, 0.2) is 24.3 Å². The Labute approximate surface area is 97.9 Å². The van der Waals surface area contributed by atoms with Crippen LogP contribution in [0.1, 0.15) is 44.4 Å². The Morgan fingerprint density at radius 1 is 1.25 bits per heavy atom. The molecule has 0 heterocycles. The molecule has 1 aromatic rings. The Kier molecular flexibility index (Phi) is 4.69. The van der Waals surface area contributed by atoms with Gasteiger partial charge in [0.2, 0.25) is 0 Å². The first-order chi connectivity index (χ1) is 7.49. The summed E-state index contributed by atoms with van der Waals surface area (Å²) in [6.45, 7) is 5.98. The monoisotopic (exact) mass is 219 g/mol. The third-order valence-electron chi connectivity index (χ3n) is 2.56. The number of benzene rings is 1. The molecule has 0 aromatic heterocycles. The fraction of sp³-hybridized carbons (Fsp3) is 0.500. The van der Waals surface area contributed by atoms with E-state index in [0.717, 1.165) is 12.0 Å². The van der Waals surface area contributed by atoms with E-state index >= 15 is 0 Å². The Bertz CT molecular complexity index is 340. The lowest BCUT2D eigenvalue weighted by molar-refractivity contribution is -0.117. The van der Waals surface area contributed by atoms with Gasteiger partial charge in [0.25, 0.3) is 0 Å². The van der Waals surface area contributed by atoms with Crippen LogP contribution in [0.5, 0.6) is 0 Å². The second kappa shape index (κ2) is 5.80. The summed E-state index contributed by atoms with van der Waals surface area (Å²) in [7, 11) is 0. The highest BCUT2D eigenvalue weighted by Gasteiger charge is 2.08. The van der Waals surface area contributed by atoms with Crippen molar-refractivity contribution >= 4 is 5.78 Å². The van der Waals surface area contributed by atoms with Crippen LogP contribution >= 0.6 is 0 Å². The summed E-state index contributed by atoms with van der Waals surface area (Å²) < 4.78 is 0. The number of carbonyl (C=O) groups excluding carboxylic acids is 1. The van der Waals surface area contributed by atoms with E-state index in [1.54, 1.807) is 6.92 Å². The zero-order valence-corrected chi connectivity index (χ0v) is 10.4. The highest BCUT2D eigenvalue weighted by Crippen LogP contribution is 2.16. The first kappa shape index (κ1) is 12.9. The number of hydrogen-bond donors (Lipinski definition) is 1. The number of nitrogens with two attached hydrogens (primary N) is 1. The van der Waals surface area contributed by atoms with Gasteiger partial charge in [-0.25, -0.2) is 0 Å². The molecule has 0 aliphatic heterocycles. The predicted molar refractivity (Wildman–Crippen MR) is 67.2 cm³/mol. The minimum Gasteiger partial charge on any atom is -0.324 e. The van der Waals surface area contributed by atoms with E-state index in [-0.39, 0.29) is 11.8 Å². The summed E-state index contributed by atoms with van der Waals surface area (Å²) >= 11 is 0. The van der Waals surface area contributed by atoms with E-state index in [9.17, 15) is 4.79 Å². The van der Waals surface area contributed by atoms with Gasteiger partial charge in [-0.1, -0.05) is 38.1 Å². The molecule has 0 aliphatic rings. The molecule has 2 N–H and O–H groups in total. The lowest BCUT2D eigenvalue weighted by atomic mass is 9.98. The topological polar surface area (TPSA) is 43.1 Å². The molecule has 0 saturated heterocycles. The maximum Gasteiger partial charge on any atom is 0.131 e. The lowest BCUT2D eigenvalue weighted by Gasteiger charge is -2.11. The van der Waals surface area contributed by atoms with Crippen molar-refractivity contribution in [3.8, 4) is 0 Å². The summed E-state index contributed by atoms with van der Waals surface area (Å²) in [5.41, 5.74) is 8.30. The fourth-order valence-corrected chi connectivity index (χ4v) is 1.80. The van der Waals surface area contributed by atoms with Gasteiger partial charge in [0.15, 0.2) is 0 Å². The van der Waals surface area contributed by atoms with Gasteiger partial charge in [-0.05, 0) is 30.4 Å². The van der Waals surface area contributed by atoms with Gasteiger partial charge in [-0.2, -0.15) is 0 Å². The summed E-state index contributed by atoms with van der Waals surface area (Å²) in [4.78, 5) is 11.0. The van der Waals surface area contributed by atoms with Crippen molar-refractivity contribution in [2.75, 3.05) is 0 Å². The van der Waals surface area contributed by atoms with Gasteiger partial charge in [-0.3, -0.25) is 4.79 Å². The summed E-state index contributed by atoms with van der Waals surface area (Å²) in [6.07, 6.45) is 1.51. The Morgan fingerprint density at radius 2 is 1.81 bits per heavy atom. The Balaban J connectivity index is 2.66. The van der Waals surface area contributed by atoms with Gasteiger partial charge >= 0.3 is 0 Å². The van der Waals surface area contributed by atoms with Crippen LogP contribution in [0.4, 0.5) is 0 Å². The first-order valence-electron chi connectivity index (χ1n) is 5.83. The highest BCUT2D eigenvalue weighted by molar-refractivity contribution is 5.76. The number of carbonyl (C=O) groups is 1. The number of rotatable bonds is 5. The smallest absolute Gasteiger partial charge is 0.131 e. The average molecular weight is 219 g/mol. The highest BCUT2D eigenvalue weighted by atomic mass is 16.1. The molecule has 1 rings (SSSR count). The molecule has 2 heteroatoms. The van der Waals surface area contributed by atoms with E-state index < -0.39 is 0 Å². The van der Waals surface area contributed by atoms with Gasteiger partial charge in [0, 0.05) is 12.5 Å². The summed E-state index contributed by atoms with van der Waals surface area (Å²) in [6, 6.07) is 8.12. The molecule has 0 saturated carbocycles. The molecule has 0 amide bonds. The lowest BCUT2D eigenvalue weighted by Crippen LogP contribution is -2.13. The minimum absolute atomic E-state index is 0.138. The average Bonchev–Trinajstić information content (AvgIpc) is 2.16. The van der Waals surface area contributed by atoms with Crippen molar-refractivity contribution < 1.29 is 4.79 Å². The van der Waals surface area contributed by atoms with Crippen LogP contribution in [-0.2, 0) is 11.2 Å². The van der Waals surface area contributed by atoms with Crippen LogP contribution in [0.3, 0.4) is 0 Å². The molecule has 0 fully saturated rings. The molecule has 1 unspecified atom stereocenters. The number of ketones is 1. The number of Topliss-reactive ketones (excluding diaryl/α,β-unsaturated/α-hetero) is 1. The maximum absolute atomic E-state index is 11.0. The van der Waals surface area contributed by atoms with Crippen molar-refractivity contribution in [3.05, 3.63) is 35.4 Å². The molecule has 0 bridgehead atoms. The van der Waals surface area contributed by atoms with E-state index in [1.807, 2.05) is 12.1 Å². The van der Waals surface area contributed by atoms with Crippen LogP contribution in [-0.4, -0.2) is 5.78 Å². The quantitative estimate of drug-likeness (QED) is 0.827. The summed E-state index contributed by atoms with van der Waals surface area (Å²) in [5.74, 6) is 0.801. The molecule has 2 nitrogen and oxygen atoms in total. The Morgan fingerprint density at radius 3 is 2.25 bits per heavy atom. The molecule has 16 heavy (non-hydrogen) atoms. The first-order valence-corrected chi connectivity index (χ1v) is 5.83. The standard InChI is InChI=1S/C14H21NO/c1-10(2)8-12-4-6-13(7-5-12)14(15)9-11(3)16/h4-7,10,14H,8-9,15H2,1-3H3. The zero-order valence-electron chi connectivity index (χ0n) is 10.4. The normalized spacial score (nSPS) is 12.8. The summed E-state index contributed by atoms with van der Waals surface area (Å²) in [5, 5.41) is 0. The van der Waals surface area contributed by atoms with Crippen molar-refractivity contribution in [1.82, 2.24) is 0 Å². The molecule has 1 atom stereocenters. The zero-order chi connectivity index (χ0) is 12.1. The van der Waals surface area contributed by atoms with Gasteiger partial charge in [-0.15, -0.1) is 0 Å². The molecular formula is C14H21NO. The molecule has 0 radical (unpaired) electrons.